The molecule has 5 rings (SSSR count). The van der Waals surface area contributed by atoms with Gasteiger partial charge in [0, 0.05) is 10.9 Å². The van der Waals surface area contributed by atoms with Crippen molar-refractivity contribution in [2.45, 2.75) is 16.7 Å². The highest BCUT2D eigenvalue weighted by molar-refractivity contribution is 7.99. The predicted octanol–water partition coefficient (Wildman–Crippen LogP) is 7.64. The van der Waals surface area contributed by atoms with E-state index in [-0.39, 0.29) is 0 Å². The third-order valence-electron chi connectivity index (χ3n) is 4.66. The highest BCUT2D eigenvalue weighted by Gasteiger charge is 2.18. The van der Waals surface area contributed by atoms with Gasteiger partial charge in [-0.15, -0.1) is 11.3 Å². The second-order valence-electron chi connectivity index (χ2n) is 6.72. The number of aromatic nitrogens is 1. The van der Waals surface area contributed by atoms with Gasteiger partial charge in [-0.3, -0.25) is 0 Å². The molecular weight excluding hydrogens is 410 g/mol. The van der Waals surface area contributed by atoms with Crippen molar-refractivity contribution in [2.75, 3.05) is 6.61 Å². The van der Waals surface area contributed by atoms with Crippen LogP contribution in [0, 0.1) is 0 Å². The lowest BCUT2D eigenvalue weighted by atomic mass is 10.1. The number of hydrogen-bond donors (Lipinski definition) is 0. The first-order valence-electron chi connectivity index (χ1n) is 9.74. The second kappa shape index (κ2) is 8.38. The molecule has 5 heteroatoms. The molecule has 0 saturated heterocycles. The number of para-hydroxylation sites is 1. The average molecular weight is 430 g/mol. The molecule has 2 heterocycles. The van der Waals surface area contributed by atoms with Crippen LogP contribution >= 0.6 is 23.1 Å². The van der Waals surface area contributed by atoms with Gasteiger partial charge in [0.25, 0.3) is 0 Å². The number of benzene rings is 3. The minimum atomic E-state index is 0.677. The standard InChI is InChI=1S/C25H19NO2S2/c1-2-27-19-11-7-17(8-12-19)9-14-25-26-20(16-29-25)18-10-13-22-24(15-18)30-23-6-4-3-5-21(23)28-22/h3-16H,2H2,1H3/b14-9+. The van der Waals surface area contributed by atoms with Crippen molar-refractivity contribution in [2.24, 2.45) is 0 Å². The minimum absolute atomic E-state index is 0.677. The topological polar surface area (TPSA) is 31.4 Å². The molecule has 3 aromatic carbocycles. The van der Waals surface area contributed by atoms with Gasteiger partial charge in [0.2, 0.25) is 0 Å². The number of rotatable bonds is 5. The van der Waals surface area contributed by atoms with Crippen molar-refractivity contribution in [3.05, 3.63) is 82.7 Å². The molecule has 1 aliphatic rings. The normalized spacial score (nSPS) is 12.3. The van der Waals surface area contributed by atoms with Gasteiger partial charge < -0.3 is 9.47 Å². The van der Waals surface area contributed by atoms with Gasteiger partial charge in [-0.25, -0.2) is 4.98 Å². The van der Waals surface area contributed by atoms with Crippen LogP contribution in [0.5, 0.6) is 17.2 Å². The molecule has 1 aliphatic heterocycles. The van der Waals surface area contributed by atoms with Crippen LogP contribution in [0.4, 0.5) is 0 Å². The average Bonchev–Trinajstić information content (AvgIpc) is 3.26. The Bertz CT molecular complexity index is 1210. The molecule has 0 bridgehead atoms. The summed E-state index contributed by atoms with van der Waals surface area (Å²) in [5.74, 6) is 2.70. The van der Waals surface area contributed by atoms with Crippen LogP contribution in [0.15, 0.2) is 81.9 Å². The van der Waals surface area contributed by atoms with Crippen molar-refractivity contribution in [3.63, 3.8) is 0 Å². The van der Waals surface area contributed by atoms with Gasteiger partial charge in [-0.05, 0) is 61.0 Å². The Kier molecular flexibility index (Phi) is 5.30. The molecule has 148 valence electrons. The van der Waals surface area contributed by atoms with E-state index in [4.69, 9.17) is 14.5 Å². The van der Waals surface area contributed by atoms with E-state index in [1.807, 2.05) is 43.3 Å². The Morgan fingerprint density at radius 2 is 1.77 bits per heavy atom. The van der Waals surface area contributed by atoms with Gasteiger partial charge in [-0.1, -0.05) is 42.1 Å². The van der Waals surface area contributed by atoms with Crippen LogP contribution in [0.2, 0.25) is 0 Å². The van der Waals surface area contributed by atoms with E-state index in [9.17, 15) is 0 Å². The molecule has 0 saturated carbocycles. The summed E-state index contributed by atoms with van der Waals surface area (Å²) in [5.41, 5.74) is 3.20. The number of hydrogen-bond acceptors (Lipinski definition) is 5. The minimum Gasteiger partial charge on any atom is -0.494 e. The number of fused-ring (bicyclic) bond motifs is 2. The summed E-state index contributed by atoms with van der Waals surface area (Å²) >= 11 is 3.38. The molecule has 0 unspecified atom stereocenters. The zero-order valence-corrected chi connectivity index (χ0v) is 18.0. The SMILES string of the molecule is CCOc1ccc(/C=C/c2nc(-c3ccc4c(c3)Sc3ccccc3O4)cs2)cc1. The van der Waals surface area contributed by atoms with E-state index >= 15 is 0 Å². The molecule has 30 heavy (non-hydrogen) atoms. The molecule has 0 fully saturated rings. The summed E-state index contributed by atoms with van der Waals surface area (Å²) in [6, 6.07) is 22.5. The van der Waals surface area contributed by atoms with Crippen molar-refractivity contribution in [1.29, 1.82) is 0 Å². The summed E-state index contributed by atoms with van der Waals surface area (Å²) in [5, 5.41) is 3.08. The molecule has 0 spiro atoms. The third kappa shape index (κ3) is 3.99. The molecule has 1 aromatic heterocycles. The van der Waals surface area contributed by atoms with Crippen LogP contribution in [0.3, 0.4) is 0 Å². The highest BCUT2D eigenvalue weighted by atomic mass is 32.2. The van der Waals surface area contributed by atoms with Crippen LogP contribution in [-0.2, 0) is 0 Å². The molecule has 4 aromatic rings. The van der Waals surface area contributed by atoms with Crippen molar-refractivity contribution < 1.29 is 9.47 Å². The Hall–Kier alpha value is -3.02. The first-order chi connectivity index (χ1) is 14.8. The molecule has 0 atom stereocenters. The Morgan fingerprint density at radius 1 is 0.933 bits per heavy atom. The lowest BCUT2D eigenvalue weighted by Crippen LogP contribution is -1.94. The number of nitrogens with zero attached hydrogens (tertiary/aromatic N) is 1. The van der Waals surface area contributed by atoms with Gasteiger partial charge in [0.05, 0.1) is 22.1 Å². The summed E-state index contributed by atoms with van der Waals surface area (Å²) in [7, 11) is 0. The third-order valence-corrected chi connectivity index (χ3v) is 6.57. The maximum absolute atomic E-state index is 6.03. The first kappa shape index (κ1) is 19.0. The van der Waals surface area contributed by atoms with Crippen LogP contribution < -0.4 is 9.47 Å². The molecule has 3 nitrogen and oxygen atoms in total. The summed E-state index contributed by atoms with van der Waals surface area (Å²) in [6.07, 6.45) is 4.13. The summed E-state index contributed by atoms with van der Waals surface area (Å²) < 4.78 is 11.5. The zero-order chi connectivity index (χ0) is 20.3. The number of ether oxygens (including phenoxy) is 2. The van der Waals surface area contributed by atoms with Crippen molar-refractivity contribution in [1.82, 2.24) is 4.98 Å². The predicted molar refractivity (Wildman–Crippen MR) is 125 cm³/mol. The fourth-order valence-electron chi connectivity index (χ4n) is 3.19. The van der Waals surface area contributed by atoms with E-state index in [2.05, 4.69) is 47.9 Å². The second-order valence-corrected chi connectivity index (χ2v) is 8.69. The van der Waals surface area contributed by atoms with Gasteiger partial charge >= 0.3 is 0 Å². The van der Waals surface area contributed by atoms with E-state index < -0.39 is 0 Å². The fourth-order valence-corrected chi connectivity index (χ4v) is 4.90. The monoisotopic (exact) mass is 429 g/mol. The van der Waals surface area contributed by atoms with E-state index in [1.54, 1.807) is 23.1 Å². The van der Waals surface area contributed by atoms with E-state index in [0.29, 0.717) is 6.61 Å². The Morgan fingerprint density at radius 3 is 2.63 bits per heavy atom. The number of thiazole rings is 1. The Balaban J connectivity index is 1.33. The first-order valence-corrected chi connectivity index (χ1v) is 11.4. The molecule has 0 radical (unpaired) electrons. The lowest BCUT2D eigenvalue weighted by molar-refractivity contribution is 0.340. The van der Waals surface area contributed by atoms with Crippen LogP contribution in [0.1, 0.15) is 17.5 Å². The molecule has 0 amide bonds. The Labute approximate surface area is 184 Å². The fraction of sp³-hybridized carbons (Fsp3) is 0.0800. The van der Waals surface area contributed by atoms with Gasteiger partial charge in [0.15, 0.2) is 0 Å². The van der Waals surface area contributed by atoms with Crippen molar-refractivity contribution >= 4 is 35.3 Å². The van der Waals surface area contributed by atoms with Gasteiger partial charge in [0.1, 0.15) is 22.3 Å². The zero-order valence-electron chi connectivity index (χ0n) is 16.4. The summed E-state index contributed by atoms with van der Waals surface area (Å²) in [6.45, 7) is 2.66. The quantitative estimate of drug-likeness (QED) is 0.287. The van der Waals surface area contributed by atoms with E-state index in [1.165, 1.54) is 0 Å². The van der Waals surface area contributed by atoms with Crippen molar-refractivity contribution in [3.8, 4) is 28.5 Å². The molecule has 0 aliphatic carbocycles. The molecule has 0 N–H and O–H groups in total. The largest absolute Gasteiger partial charge is 0.494 e. The lowest BCUT2D eigenvalue weighted by Gasteiger charge is -2.19. The smallest absolute Gasteiger partial charge is 0.141 e. The van der Waals surface area contributed by atoms with Crippen LogP contribution in [-0.4, -0.2) is 11.6 Å². The highest BCUT2D eigenvalue weighted by Crippen LogP contribution is 2.47. The van der Waals surface area contributed by atoms with Crippen LogP contribution in [0.25, 0.3) is 23.4 Å². The molecular formula is C25H19NO2S2. The maximum atomic E-state index is 6.03. The van der Waals surface area contributed by atoms with Gasteiger partial charge in [-0.2, -0.15) is 0 Å². The summed E-state index contributed by atoms with van der Waals surface area (Å²) in [4.78, 5) is 7.05. The van der Waals surface area contributed by atoms with E-state index in [0.717, 1.165) is 48.9 Å². The maximum Gasteiger partial charge on any atom is 0.141 e.